The lowest BCUT2D eigenvalue weighted by atomic mass is 9.96. The molecule has 0 radical (unpaired) electrons. The molecule has 132 valence electrons. The van der Waals surface area contributed by atoms with Crippen LogP contribution in [0, 0.1) is 5.82 Å². The van der Waals surface area contributed by atoms with E-state index in [1.165, 1.54) is 6.07 Å². The number of ether oxygens (including phenoxy) is 1. The maximum atomic E-state index is 14.2. The molecule has 2 unspecified atom stereocenters. The predicted octanol–water partition coefficient (Wildman–Crippen LogP) is 3.59. The second-order valence-electron chi connectivity index (χ2n) is 6.30. The van der Waals surface area contributed by atoms with E-state index in [2.05, 4.69) is 0 Å². The minimum atomic E-state index is -0.328. The van der Waals surface area contributed by atoms with Gasteiger partial charge in [-0.15, -0.1) is 0 Å². The highest BCUT2D eigenvalue weighted by Gasteiger charge is 2.35. The lowest BCUT2D eigenvalue weighted by Gasteiger charge is -2.26. The Bertz CT molecular complexity index is 736. The number of likely N-dealkylation sites (tertiary alicyclic amines) is 1. The first-order valence-corrected chi connectivity index (χ1v) is 8.63. The summed E-state index contributed by atoms with van der Waals surface area (Å²) in [5, 5.41) is 0. The first-order valence-electron chi connectivity index (χ1n) is 8.63. The summed E-state index contributed by atoms with van der Waals surface area (Å²) in [6.45, 7) is 2.72. The molecule has 1 saturated heterocycles. The molecule has 3 rings (SSSR count). The zero-order valence-corrected chi connectivity index (χ0v) is 14.3. The van der Waals surface area contributed by atoms with Crippen molar-refractivity contribution in [2.75, 3.05) is 13.2 Å². The summed E-state index contributed by atoms with van der Waals surface area (Å²) in [5.74, 6) is -0.257. The van der Waals surface area contributed by atoms with Crippen LogP contribution in [0.3, 0.4) is 0 Å². The lowest BCUT2D eigenvalue weighted by molar-refractivity contribution is 0.101. The maximum absolute atomic E-state index is 14.2. The molecule has 1 fully saturated rings. The molecule has 0 saturated carbocycles. The van der Waals surface area contributed by atoms with Gasteiger partial charge >= 0.3 is 6.09 Å². The van der Waals surface area contributed by atoms with Crippen molar-refractivity contribution in [1.82, 2.24) is 4.90 Å². The SMILES string of the molecule is CCOC(=O)N1CCC(N)C1Cc1ccc(F)c(-c2ccccc2)c1. The minimum Gasteiger partial charge on any atom is -0.450 e. The van der Waals surface area contributed by atoms with E-state index in [4.69, 9.17) is 10.5 Å². The predicted molar refractivity (Wildman–Crippen MR) is 95.6 cm³/mol. The van der Waals surface area contributed by atoms with Crippen molar-refractivity contribution < 1.29 is 13.9 Å². The molecule has 0 spiro atoms. The number of carbonyl (C=O) groups is 1. The van der Waals surface area contributed by atoms with E-state index < -0.39 is 0 Å². The van der Waals surface area contributed by atoms with Crippen molar-refractivity contribution in [3.8, 4) is 11.1 Å². The Morgan fingerprint density at radius 2 is 2.04 bits per heavy atom. The highest BCUT2D eigenvalue weighted by Crippen LogP contribution is 2.27. The molecule has 2 N–H and O–H groups in total. The molecule has 1 amide bonds. The van der Waals surface area contributed by atoms with E-state index in [0.29, 0.717) is 25.1 Å². The summed E-state index contributed by atoms with van der Waals surface area (Å²) < 4.78 is 19.4. The number of nitrogens with zero attached hydrogens (tertiary/aromatic N) is 1. The molecule has 5 heteroatoms. The van der Waals surface area contributed by atoms with Crippen LogP contribution in [0.2, 0.25) is 0 Å². The first kappa shape index (κ1) is 17.4. The molecular weight excluding hydrogens is 319 g/mol. The molecular formula is C20H23FN2O2. The fourth-order valence-corrected chi connectivity index (χ4v) is 3.35. The third kappa shape index (κ3) is 3.82. The van der Waals surface area contributed by atoms with Crippen LogP contribution < -0.4 is 5.73 Å². The van der Waals surface area contributed by atoms with Crippen molar-refractivity contribution >= 4 is 6.09 Å². The summed E-state index contributed by atoms with van der Waals surface area (Å²) in [6, 6.07) is 14.3. The van der Waals surface area contributed by atoms with Gasteiger partial charge in [-0.25, -0.2) is 9.18 Å². The largest absolute Gasteiger partial charge is 0.450 e. The normalized spacial score (nSPS) is 19.9. The average Bonchev–Trinajstić information content (AvgIpc) is 2.98. The van der Waals surface area contributed by atoms with Gasteiger partial charge in [-0.2, -0.15) is 0 Å². The Morgan fingerprint density at radius 1 is 1.28 bits per heavy atom. The van der Waals surface area contributed by atoms with Crippen LogP contribution in [0.1, 0.15) is 18.9 Å². The maximum Gasteiger partial charge on any atom is 0.410 e. The monoisotopic (exact) mass is 342 g/mol. The molecule has 25 heavy (non-hydrogen) atoms. The average molecular weight is 342 g/mol. The van der Waals surface area contributed by atoms with Crippen molar-refractivity contribution in [2.45, 2.75) is 31.8 Å². The van der Waals surface area contributed by atoms with Crippen LogP contribution >= 0.6 is 0 Å². The van der Waals surface area contributed by atoms with Crippen LogP contribution in [0.25, 0.3) is 11.1 Å². The summed E-state index contributed by atoms with van der Waals surface area (Å²) in [5.41, 5.74) is 8.56. The van der Waals surface area contributed by atoms with Gasteiger partial charge in [0, 0.05) is 18.2 Å². The van der Waals surface area contributed by atoms with Gasteiger partial charge < -0.3 is 15.4 Å². The molecule has 2 atom stereocenters. The molecule has 4 nitrogen and oxygen atoms in total. The van der Waals surface area contributed by atoms with E-state index in [1.54, 1.807) is 17.9 Å². The second-order valence-corrected chi connectivity index (χ2v) is 6.30. The molecule has 1 heterocycles. The van der Waals surface area contributed by atoms with Crippen LogP contribution in [0.5, 0.6) is 0 Å². The lowest BCUT2D eigenvalue weighted by Crippen LogP contribution is -2.44. The quantitative estimate of drug-likeness (QED) is 0.924. The van der Waals surface area contributed by atoms with Crippen LogP contribution in [0.4, 0.5) is 9.18 Å². The Balaban J connectivity index is 1.83. The minimum absolute atomic E-state index is 0.102. The van der Waals surface area contributed by atoms with Crippen molar-refractivity contribution in [3.63, 3.8) is 0 Å². The van der Waals surface area contributed by atoms with E-state index in [1.807, 2.05) is 36.4 Å². The zero-order valence-electron chi connectivity index (χ0n) is 14.3. The van der Waals surface area contributed by atoms with E-state index >= 15 is 0 Å². The van der Waals surface area contributed by atoms with E-state index in [9.17, 15) is 9.18 Å². The second kappa shape index (κ2) is 7.66. The van der Waals surface area contributed by atoms with E-state index in [-0.39, 0.29) is 24.0 Å². The molecule has 0 aromatic heterocycles. The van der Waals surface area contributed by atoms with Gasteiger partial charge in [-0.3, -0.25) is 0 Å². The standard InChI is InChI=1S/C20H23FN2O2/c1-2-25-20(24)23-11-10-18(22)19(23)13-14-8-9-17(21)16(12-14)15-6-4-3-5-7-15/h3-9,12,18-19H,2,10-11,13,22H2,1H3. The summed E-state index contributed by atoms with van der Waals surface area (Å²) >= 11 is 0. The summed E-state index contributed by atoms with van der Waals surface area (Å²) in [6.07, 6.45) is 1.00. The van der Waals surface area contributed by atoms with Gasteiger partial charge in [0.05, 0.1) is 12.6 Å². The number of nitrogens with two attached hydrogens (primary N) is 1. The van der Waals surface area contributed by atoms with Gasteiger partial charge in [-0.05, 0) is 43.0 Å². The van der Waals surface area contributed by atoms with Crippen molar-refractivity contribution in [3.05, 3.63) is 59.9 Å². The van der Waals surface area contributed by atoms with Gasteiger partial charge in [0.2, 0.25) is 0 Å². The topological polar surface area (TPSA) is 55.6 Å². The van der Waals surface area contributed by atoms with Gasteiger partial charge in [0.1, 0.15) is 5.82 Å². The fourth-order valence-electron chi connectivity index (χ4n) is 3.35. The Labute approximate surface area is 147 Å². The van der Waals surface area contributed by atoms with Crippen molar-refractivity contribution in [1.29, 1.82) is 0 Å². The Kier molecular flexibility index (Phi) is 5.34. The molecule has 2 aromatic rings. The zero-order chi connectivity index (χ0) is 17.8. The van der Waals surface area contributed by atoms with Gasteiger partial charge in [-0.1, -0.05) is 36.4 Å². The van der Waals surface area contributed by atoms with Gasteiger partial charge in [0.15, 0.2) is 0 Å². The summed E-state index contributed by atoms with van der Waals surface area (Å²) in [4.78, 5) is 13.8. The van der Waals surface area contributed by atoms with Crippen LogP contribution in [0.15, 0.2) is 48.5 Å². The smallest absolute Gasteiger partial charge is 0.410 e. The number of hydrogen-bond donors (Lipinski definition) is 1. The van der Waals surface area contributed by atoms with Gasteiger partial charge in [0.25, 0.3) is 0 Å². The fraction of sp³-hybridized carbons (Fsp3) is 0.350. The molecule has 0 aliphatic carbocycles. The Morgan fingerprint density at radius 3 is 2.76 bits per heavy atom. The molecule has 2 aromatic carbocycles. The molecule has 0 bridgehead atoms. The first-order chi connectivity index (χ1) is 12.1. The highest BCUT2D eigenvalue weighted by molar-refractivity contribution is 5.69. The van der Waals surface area contributed by atoms with Crippen LogP contribution in [-0.2, 0) is 11.2 Å². The van der Waals surface area contributed by atoms with Crippen molar-refractivity contribution in [2.24, 2.45) is 5.73 Å². The summed E-state index contributed by atoms with van der Waals surface area (Å²) in [7, 11) is 0. The number of hydrogen-bond acceptors (Lipinski definition) is 3. The third-order valence-corrected chi connectivity index (χ3v) is 4.66. The number of halogens is 1. The Hall–Kier alpha value is -2.40. The highest BCUT2D eigenvalue weighted by atomic mass is 19.1. The molecule has 1 aliphatic rings. The number of amides is 1. The third-order valence-electron chi connectivity index (χ3n) is 4.66. The number of benzene rings is 2. The molecule has 1 aliphatic heterocycles. The number of carbonyl (C=O) groups excluding carboxylic acids is 1. The number of rotatable bonds is 4. The van der Waals surface area contributed by atoms with Crippen LogP contribution in [-0.4, -0.2) is 36.2 Å². The van der Waals surface area contributed by atoms with E-state index in [0.717, 1.165) is 17.5 Å².